The van der Waals surface area contributed by atoms with E-state index >= 15 is 0 Å². The van der Waals surface area contributed by atoms with Crippen LogP contribution >= 0.6 is 0 Å². The molecule has 108 valence electrons. The minimum atomic E-state index is -3.48. The highest BCUT2D eigenvalue weighted by Gasteiger charge is 2.32. The van der Waals surface area contributed by atoms with Crippen LogP contribution in [-0.4, -0.2) is 32.9 Å². The van der Waals surface area contributed by atoms with Crippen molar-refractivity contribution in [3.05, 3.63) is 17.9 Å². The largest absolute Gasteiger partial charge is 0.447 e. The van der Waals surface area contributed by atoms with E-state index in [1.54, 1.807) is 23.5 Å². The highest BCUT2D eigenvalue weighted by Crippen LogP contribution is 2.32. The highest BCUT2D eigenvalue weighted by molar-refractivity contribution is 7.89. The van der Waals surface area contributed by atoms with Crippen LogP contribution in [0.25, 0.3) is 0 Å². The number of nitrogens with one attached hydrogen (secondary N) is 1. The van der Waals surface area contributed by atoms with Gasteiger partial charge in [0.05, 0.1) is 6.54 Å². The standard InChI is InChI=1S/C13H22N2O3S/c1-3-8-15(10-11-4-5-11)19(16,17)13-7-6-12(18-13)9-14-2/h6-7,11,14H,3-5,8-10H2,1-2H3. The molecule has 1 aromatic heterocycles. The summed E-state index contributed by atoms with van der Waals surface area (Å²) >= 11 is 0. The van der Waals surface area contributed by atoms with Crippen LogP contribution in [0.5, 0.6) is 0 Å². The van der Waals surface area contributed by atoms with E-state index in [4.69, 9.17) is 4.42 Å². The van der Waals surface area contributed by atoms with Crippen LogP contribution in [0.2, 0.25) is 0 Å². The van der Waals surface area contributed by atoms with Gasteiger partial charge in [-0.05, 0) is 44.4 Å². The lowest BCUT2D eigenvalue weighted by molar-refractivity contribution is 0.357. The van der Waals surface area contributed by atoms with Gasteiger partial charge in [-0.25, -0.2) is 8.42 Å². The first-order chi connectivity index (χ1) is 9.07. The molecule has 2 rings (SSSR count). The Hall–Kier alpha value is -0.850. The maximum atomic E-state index is 12.5. The molecule has 0 saturated heterocycles. The van der Waals surface area contributed by atoms with Crippen molar-refractivity contribution >= 4 is 10.0 Å². The maximum Gasteiger partial charge on any atom is 0.276 e. The van der Waals surface area contributed by atoms with Crippen molar-refractivity contribution in [3.63, 3.8) is 0 Å². The zero-order valence-corrected chi connectivity index (χ0v) is 12.4. The minimum Gasteiger partial charge on any atom is -0.447 e. The Morgan fingerprint density at radius 2 is 2.16 bits per heavy atom. The SMILES string of the molecule is CCCN(CC1CC1)S(=O)(=O)c1ccc(CNC)o1. The molecule has 0 amide bonds. The maximum absolute atomic E-state index is 12.5. The summed E-state index contributed by atoms with van der Waals surface area (Å²) in [4.78, 5) is 0. The molecule has 5 nitrogen and oxygen atoms in total. The summed E-state index contributed by atoms with van der Waals surface area (Å²) in [5.74, 6) is 1.18. The van der Waals surface area contributed by atoms with E-state index in [-0.39, 0.29) is 5.09 Å². The van der Waals surface area contributed by atoms with E-state index in [0.29, 0.717) is 31.3 Å². The van der Waals surface area contributed by atoms with E-state index in [2.05, 4.69) is 5.32 Å². The van der Waals surface area contributed by atoms with E-state index in [0.717, 1.165) is 19.3 Å². The summed E-state index contributed by atoms with van der Waals surface area (Å²) in [5, 5.41) is 3.01. The van der Waals surface area contributed by atoms with E-state index in [1.165, 1.54) is 0 Å². The van der Waals surface area contributed by atoms with Crippen molar-refractivity contribution in [2.45, 2.75) is 37.8 Å². The molecule has 1 fully saturated rings. The molecule has 19 heavy (non-hydrogen) atoms. The van der Waals surface area contributed by atoms with Gasteiger partial charge >= 0.3 is 0 Å². The van der Waals surface area contributed by atoms with E-state index in [9.17, 15) is 8.42 Å². The lowest BCUT2D eigenvalue weighted by atomic mass is 10.4. The van der Waals surface area contributed by atoms with Crippen molar-refractivity contribution in [2.24, 2.45) is 5.92 Å². The summed E-state index contributed by atoms with van der Waals surface area (Å²) in [6.45, 7) is 3.70. The molecular weight excluding hydrogens is 264 g/mol. The second-order valence-corrected chi connectivity index (χ2v) is 6.93. The number of rotatable bonds is 8. The van der Waals surface area contributed by atoms with Gasteiger partial charge in [0, 0.05) is 13.1 Å². The van der Waals surface area contributed by atoms with Crippen molar-refractivity contribution in [1.29, 1.82) is 0 Å². The molecule has 0 spiro atoms. The fraction of sp³-hybridized carbons (Fsp3) is 0.692. The van der Waals surface area contributed by atoms with Crippen LogP contribution < -0.4 is 5.32 Å². The average molecular weight is 286 g/mol. The van der Waals surface area contributed by atoms with Crippen molar-refractivity contribution < 1.29 is 12.8 Å². The molecule has 0 bridgehead atoms. The summed E-state index contributed by atoms with van der Waals surface area (Å²) < 4.78 is 32.0. The second-order valence-electron chi connectivity index (χ2n) is 5.06. The van der Waals surface area contributed by atoms with Gasteiger partial charge in [-0.2, -0.15) is 4.31 Å². The monoisotopic (exact) mass is 286 g/mol. The first-order valence-corrected chi connectivity index (χ1v) is 8.25. The first-order valence-electron chi connectivity index (χ1n) is 6.81. The molecular formula is C13H22N2O3S. The molecule has 1 saturated carbocycles. The molecule has 0 aromatic carbocycles. The third-order valence-corrected chi connectivity index (χ3v) is 4.95. The zero-order chi connectivity index (χ0) is 13.9. The fourth-order valence-corrected chi connectivity index (χ4v) is 3.58. The summed E-state index contributed by atoms with van der Waals surface area (Å²) in [6.07, 6.45) is 3.09. The Kier molecular flexibility index (Phi) is 4.65. The van der Waals surface area contributed by atoms with E-state index < -0.39 is 10.0 Å². The Balaban J connectivity index is 2.16. The van der Waals surface area contributed by atoms with Gasteiger partial charge in [-0.15, -0.1) is 0 Å². The Labute approximate surface area is 115 Å². The Morgan fingerprint density at radius 3 is 2.74 bits per heavy atom. The molecule has 1 aliphatic rings. The van der Waals surface area contributed by atoms with Gasteiger partial charge in [0.1, 0.15) is 5.76 Å². The minimum absolute atomic E-state index is 0.0619. The molecule has 0 radical (unpaired) electrons. The quantitative estimate of drug-likeness (QED) is 0.791. The highest BCUT2D eigenvalue weighted by atomic mass is 32.2. The van der Waals surface area contributed by atoms with Gasteiger partial charge < -0.3 is 9.73 Å². The normalized spacial score (nSPS) is 16.2. The zero-order valence-electron chi connectivity index (χ0n) is 11.6. The smallest absolute Gasteiger partial charge is 0.276 e. The number of furan rings is 1. The molecule has 6 heteroatoms. The Morgan fingerprint density at radius 1 is 1.42 bits per heavy atom. The van der Waals surface area contributed by atoms with Crippen LogP contribution in [0.4, 0.5) is 0 Å². The molecule has 0 atom stereocenters. The van der Waals surface area contributed by atoms with Gasteiger partial charge in [0.2, 0.25) is 5.09 Å². The van der Waals surface area contributed by atoms with Crippen LogP contribution in [-0.2, 0) is 16.6 Å². The summed E-state index contributed by atoms with van der Waals surface area (Å²) in [6, 6.07) is 3.27. The van der Waals surface area contributed by atoms with E-state index in [1.807, 2.05) is 6.92 Å². The van der Waals surface area contributed by atoms with Crippen LogP contribution in [0.1, 0.15) is 31.9 Å². The number of sulfonamides is 1. The number of hydrogen-bond donors (Lipinski definition) is 1. The lowest BCUT2D eigenvalue weighted by Crippen LogP contribution is -2.33. The molecule has 0 aliphatic heterocycles. The summed E-state index contributed by atoms with van der Waals surface area (Å²) in [5.41, 5.74) is 0. The lowest BCUT2D eigenvalue weighted by Gasteiger charge is -2.19. The predicted octanol–water partition coefficient (Wildman–Crippen LogP) is 1.81. The van der Waals surface area contributed by atoms with Gasteiger partial charge in [0.25, 0.3) is 10.0 Å². The van der Waals surface area contributed by atoms with Crippen LogP contribution in [0, 0.1) is 5.92 Å². The first kappa shape index (κ1) is 14.6. The average Bonchev–Trinajstić information content (AvgIpc) is 3.05. The van der Waals surface area contributed by atoms with Gasteiger partial charge in [0.15, 0.2) is 0 Å². The fourth-order valence-electron chi connectivity index (χ4n) is 2.04. The van der Waals surface area contributed by atoms with Crippen LogP contribution in [0.15, 0.2) is 21.6 Å². The molecule has 1 N–H and O–H groups in total. The molecule has 1 aromatic rings. The predicted molar refractivity (Wildman–Crippen MR) is 73.2 cm³/mol. The van der Waals surface area contributed by atoms with Crippen molar-refractivity contribution in [1.82, 2.24) is 9.62 Å². The molecule has 1 aliphatic carbocycles. The topological polar surface area (TPSA) is 62.6 Å². The number of nitrogens with zero attached hydrogens (tertiary/aromatic N) is 1. The summed E-state index contributed by atoms with van der Waals surface area (Å²) in [7, 11) is -1.68. The third kappa shape index (κ3) is 3.58. The van der Waals surface area contributed by atoms with Crippen molar-refractivity contribution in [3.8, 4) is 0 Å². The van der Waals surface area contributed by atoms with Crippen LogP contribution in [0.3, 0.4) is 0 Å². The molecule has 0 unspecified atom stereocenters. The Bertz CT molecular complexity index is 506. The van der Waals surface area contributed by atoms with Crippen molar-refractivity contribution in [2.75, 3.05) is 20.1 Å². The van der Waals surface area contributed by atoms with Gasteiger partial charge in [-0.3, -0.25) is 0 Å². The number of hydrogen-bond acceptors (Lipinski definition) is 4. The molecule has 1 heterocycles. The third-order valence-electron chi connectivity index (χ3n) is 3.21. The second kappa shape index (κ2) is 6.07. The van der Waals surface area contributed by atoms with Gasteiger partial charge in [-0.1, -0.05) is 6.92 Å².